The molecule has 1 heterocycles. The maximum atomic E-state index is 11.9. The van der Waals surface area contributed by atoms with E-state index in [1.807, 2.05) is 30.5 Å². The van der Waals surface area contributed by atoms with Gasteiger partial charge in [-0.15, -0.1) is 11.8 Å². The van der Waals surface area contributed by atoms with Gasteiger partial charge in [-0.05, 0) is 30.5 Å². The first-order chi connectivity index (χ1) is 10.1. The van der Waals surface area contributed by atoms with Crippen LogP contribution < -0.4 is 5.32 Å². The SMILES string of the molecule is CSc1ccccc1NC(=O)CSc1ccc(C(=O)O)o1. The Balaban J connectivity index is 1.91. The molecule has 2 N–H and O–H groups in total. The molecule has 0 aliphatic rings. The van der Waals surface area contributed by atoms with Crippen LogP contribution >= 0.6 is 23.5 Å². The van der Waals surface area contributed by atoms with Crippen molar-refractivity contribution in [3.63, 3.8) is 0 Å². The summed E-state index contributed by atoms with van der Waals surface area (Å²) in [6.07, 6.45) is 1.94. The van der Waals surface area contributed by atoms with E-state index in [-0.39, 0.29) is 17.4 Å². The third kappa shape index (κ3) is 4.30. The minimum absolute atomic E-state index is 0.134. The van der Waals surface area contributed by atoms with Gasteiger partial charge in [0, 0.05) is 4.90 Å². The second kappa shape index (κ2) is 7.24. The number of carbonyl (C=O) groups is 2. The van der Waals surface area contributed by atoms with Crippen molar-refractivity contribution in [2.24, 2.45) is 0 Å². The Kier molecular flexibility index (Phi) is 5.35. The molecule has 5 nitrogen and oxygen atoms in total. The zero-order valence-corrected chi connectivity index (χ0v) is 12.8. The summed E-state index contributed by atoms with van der Waals surface area (Å²) in [6.45, 7) is 0. The van der Waals surface area contributed by atoms with Crippen molar-refractivity contribution in [2.75, 3.05) is 17.3 Å². The van der Waals surface area contributed by atoms with Crippen molar-refractivity contribution < 1.29 is 19.1 Å². The molecule has 1 amide bonds. The van der Waals surface area contributed by atoms with Crippen molar-refractivity contribution in [2.45, 2.75) is 9.99 Å². The van der Waals surface area contributed by atoms with Gasteiger partial charge in [-0.1, -0.05) is 23.9 Å². The lowest BCUT2D eigenvalue weighted by molar-refractivity contribution is -0.113. The van der Waals surface area contributed by atoms with Crippen molar-refractivity contribution in [1.29, 1.82) is 0 Å². The number of amides is 1. The fourth-order valence-corrected chi connectivity index (χ4v) is 2.80. The van der Waals surface area contributed by atoms with Gasteiger partial charge in [-0.2, -0.15) is 0 Å². The summed E-state index contributed by atoms with van der Waals surface area (Å²) in [7, 11) is 0. The molecule has 0 fully saturated rings. The molecule has 0 unspecified atom stereocenters. The zero-order chi connectivity index (χ0) is 15.2. The summed E-state index contributed by atoms with van der Waals surface area (Å²) in [5.41, 5.74) is 0.765. The second-order valence-electron chi connectivity index (χ2n) is 3.96. The predicted molar refractivity (Wildman–Crippen MR) is 83.2 cm³/mol. The molecule has 2 rings (SSSR count). The van der Waals surface area contributed by atoms with Gasteiger partial charge >= 0.3 is 5.97 Å². The smallest absolute Gasteiger partial charge is 0.371 e. The van der Waals surface area contributed by atoms with Gasteiger partial charge in [-0.3, -0.25) is 4.79 Å². The standard InChI is InChI=1S/C14H13NO4S2/c1-20-11-5-3-2-4-9(11)15-12(16)8-21-13-7-6-10(19-13)14(17)18/h2-7H,8H2,1H3,(H,15,16)(H,17,18). The molecule has 2 aromatic rings. The molecule has 0 aliphatic heterocycles. The fourth-order valence-electron chi connectivity index (χ4n) is 1.58. The molecule has 0 saturated carbocycles. The van der Waals surface area contributed by atoms with E-state index >= 15 is 0 Å². The van der Waals surface area contributed by atoms with Gasteiger partial charge in [0.05, 0.1) is 11.4 Å². The van der Waals surface area contributed by atoms with Crippen LogP contribution in [0.25, 0.3) is 0 Å². The van der Waals surface area contributed by atoms with Gasteiger partial charge in [0.15, 0.2) is 5.09 Å². The highest BCUT2D eigenvalue weighted by molar-refractivity contribution is 7.99. The largest absolute Gasteiger partial charge is 0.475 e. The van der Waals surface area contributed by atoms with Crippen molar-refractivity contribution in [1.82, 2.24) is 0 Å². The first-order valence-electron chi connectivity index (χ1n) is 5.99. The number of rotatable bonds is 6. The van der Waals surface area contributed by atoms with Crippen molar-refractivity contribution in [3.8, 4) is 0 Å². The van der Waals surface area contributed by atoms with Crippen LogP contribution in [0, 0.1) is 0 Å². The quantitative estimate of drug-likeness (QED) is 0.793. The van der Waals surface area contributed by atoms with Crippen LogP contribution in [0.1, 0.15) is 10.6 Å². The first kappa shape index (κ1) is 15.5. The molecule has 1 aromatic carbocycles. The van der Waals surface area contributed by atoms with E-state index in [1.165, 1.54) is 12.1 Å². The lowest BCUT2D eigenvalue weighted by Crippen LogP contribution is -2.14. The number of furan rings is 1. The maximum Gasteiger partial charge on any atom is 0.371 e. The molecular formula is C14H13NO4S2. The minimum Gasteiger partial charge on any atom is -0.475 e. The topological polar surface area (TPSA) is 79.5 Å². The Morgan fingerprint density at radius 2 is 2.00 bits per heavy atom. The average Bonchev–Trinajstić information content (AvgIpc) is 2.95. The van der Waals surface area contributed by atoms with E-state index in [9.17, 15) is 9.59 Å². The molecular weight excluding hydrogens is 310 g/mol. The van der Waals surface area contributed by atoms with Gasteiger partial charge in [-0.25, -0.2) is 4.79 Å². The number of anilines is 1. The average molecular weight is 323 g/mol. The molecule has 0 aliphatic carbocycles. The molecule has 110 valence electrons. The highest BCUT2D eigenvalue weighted by Gasteiger charge is 2.11. The van der Waals surface area contributed by atoms with E-state index in [0.29, 0.717) is 5.09 Å². The maximum absolute atomic E-state index is 11.9. The summed E-state index contributed by atoms with van der Waals surface area (Å²) in [6, 6.07) is 10.4. The fraction of sp³-hybridized carbons (Fsp3) is 0.143. The summed E-state index contributed by atoms with van der Waals surface area (Å²) in [4.78, 5) is 23.6. The lowest BCUT2D eigenvalue weighted by Gasteiger charge is -2.08. The molecule has 0 atom stereocenters. The molecule has 0 radical (unpaired) electrons. The number of nitrogens with one attached hydrogen (secondary N) is 1. The Morgan fingerprint density at radius 3 is 2.67 bits per heavy atom. The van der Waals surface area contributed by atoms with E-state index in [1.54, 1.807) is 11.8 Å². The third-order valence-corrected chi connectivity index (χ3v) is 4.22. The van der Waals surface area contributed by atoms with Crippen LogP contribution in [0.15, 0.2) is 50.8 Å². The van der Waals surface area contributed by atoms with Gasteiger partial charge in [0.1, 0.15) is 0 Å². The number of thioether (sulfide) groups is 2. The number of carboxylic acid groups (broad SMARTS) is 1. The number of carbonyl (C=O) groups excluding carboxylic acids is 1. The van der Waals surface area contributed by atoms with E-state index in [0.717, 1.165) is 22.3 Å². The van der Waals surface area contributed by atoms with Gasteiger partial charge < -0.3 is 14.8 Å². The lowest BCUT2D eigenvalue weighted by atomic mass is 10.3. The number of carboxylic acids is 1. The zero-order valence-electron chi connectivity index (χ0n) is 11.2. The van der Waals surface area contributed by atoms with E-state index in [2.05, 4.69) is 5.32 Å². The third-order valence-electron chi connectivity index (χ3n) is 2.52. The molecule has 0 spiro atoms. The van der Waals surface area contributed by atoms with Crippen molar-refractivity contribution >= 4 is 41.1 Å². The highest BCUT2D eigenvalue weighted by atomic mass is 32.2. The molecule has 21 heavy (non-hydrogen) atoms. The minimum atomic E-state index is -1.12. The number of benzene rings is 1. The molecule has 0 bridgehead atoms. The highest BCUT2D eigenvalue weighted by Crippen LogP contribution is 2.25. The summed E-state index contributed by atoms with van der Waals surface area (Å²) in [5, 5.41) is 12.0. The molecule has 1 aromatic heterocycles. The summed E-state index contributed by atoms with van der Waals surface area (Å²) >= 11 is 2.70. The van der Waals surface area contributed by atoms with Crippen LogP contribution in [0.3, 0.4) is 0 Å². The van der Waals surface area contributed by atoms with E-state index in [4.69, 9.17) is 9.52 Å². The van der Waals surface area contributed by atoms with Crippen LogP contribution in [0.5, 0.6) is 0 Å². The number of hydrogen-bond acceptors (Lipinski definition) is 5. The second-order valence-corrected chi connectivity index (χ2v) is 5.79. The molecule has 7 heteroatoms. The molecule has 0 saturated heterocycles. The number of para-hydroxylation sites is 1. The number of aromatic carboxylic acids is 1. The Labute approximate surface area is 130 Å². The Morgan fingerprint density at radius 1 is 1.24 bits per heavy atom. The van der Waals surface area contributed by atoms with Crippen LogP contribution in [-0.2, 0) is 4.79 Å². The Hall–Kier alpha value is -1.86. The first-order valence-corrected chi connectivity index (χ1v) is 8.20. The van der Waals surface area contributed by atoms with Crippen LogP contribution in [0.2, 0.25) is 0 Å². The van der Waals surface area contributed by atoms with Gasteiger partial charge in [0.25, 0.3) is 0 Å². The van der Waals surface area contributed by atoms with E-state index < -0.39 is 5.97 Å². The Bertz CT molecular complexity index is 654. The van der Waals surface area contributed by atoms with Crippen LogP contribution in [-0.4, -0.2) is 29.0 Å². The van der Waals surface area contributed by atoms with Crippen molar-refractivity contribution in [3.05, 3.63) is 42.2 Å². The summed E-state index contributed by atoms with van der Waals surface area (Å²) < 4.78 is 5.07. The van der Waals surface area contributed by atoms with Crippen LogP contribution in [0.4, 0.5) is 5.69 Å². The predicted octanol–water partition coefficient (Wildman–Crippen LogP) is 3.43. The van der Waals surface area contributed by atoms with Gasteiger partial charge in [0.2, 0.25) is 11.7 Å². The number of hydrogen-bond donors (Lipinski definition) is 2. The normalized spacial score (nSPS) is 10.3. The summed E-state index contributed by atoms with van der Waals surface area (Å²) in [5.74, 6) is -1.28. The monoisotopic (exact) mass is 323 g/mol.